The second-order valence-corrected chi connectivity index (χ2v) is 30.0. The van der Waals surface area contributed by atoms with Crippen molar-refractivity contribution in [3.8, 4) is 0 Å². The van der Waals surface area contributed by atoms with Gasteiger partial charge in [0.1, 0.15) is 24.4 Å². The van der Waals surface area contributed by atoms with Crippen molar-refractivity contribution < 1.29 is 39.8 Å². The molecule has 558 valence electrons. The summed E-state index contributed by atoms with van der Waals surface area (Å²) in [5.41, 5.74) is 0. The van der Waals surface area contributed by atoms with E-state index in [9.17, 15) is 30.3 Å². The van der Waals surface area contributed by atoms with E-state index in [0.717, 1.165) is 38.5 Å². The minimum Gasteiger partial charge on any atom is -0.394 e. The van der Waals surface area contributed by atoms with Gasteiger partial charge in [-0.1, -0.05) is 430 Å². The van der Waals surface area contributed by atoms with Crippen LogP contribution < -0.4 is 5.32 Å². The van der Waals surface area contributed by atoms with Crippen molar-refractivity contribution in [1.29, 1.82) is 0 Å². The Labute approximate surface area is 585 Å². The van der Waals surface area contributed by atoms with Crippen molar-refractivity contribution in [3.63, 3.8) is 0 Å². The number of carbonyl (C=O) groups excluding carboxylic acids is 1. The van der Waals surface area contributed by atoms with Gasteiger partial charge in [-0.3, -0.25) is 4.79 Å². The molecule has 1 amide bonds. The number of aliphatic hydroxyl groups is 5. The topological polar surface area (TPSA) is 149 Å². The number of aliphatic hydroxyl groups excluding tert-OH is 5. The number of nitrogens with one attached hydrogen (secondary N) is 1. The Bertz CT molecular complexity index is 1540. The van der Waals surface area contributed by atoms with Gasteiger partial charge in [-0.25, -0.2) is 0 Å². The van der Waals surface area contributed by atoms with Gasteiger partial charge in [0.05, 0.1) is 25.4 Å². The average Bonchev–Trinajstić information content (AvgIpc) is 0.831. The third kappa shape index (κ3) is 61.7. The average molecular weight is 1330 g/mol. The lowest BCUT2D eigenvalue weighted by Crippen LogP contribution is -2.60. The maximum atomic E-state index is 13.2. The second-order valence-electron chi connectivity index (χ2n) is 30.0. The molecule has 7 atom stereocenters. The Morgan fingerprint density at radius 1 is 0.351 bits per heavy atom. The van der Waals surface area contributed by atoms with Crippen LogP contribution in [-0.2, 0) is 14.3 Å². The highest BCUT2D eigenvalue weighted by Gasteiger charge is 2.44. The van der Waals surface area contributed by atoms with E-state index >= 15 is 0 Å². The minimum atomic E-state index is -1.57. The lowest BCUT2D eigenvalue weighted by Gasteiger charge is -2.40. The summed E-state index contributed by atoms with van der Waals surface area (Å²) < 4.78 is 11.4. The Balaban J connectivity index is 2.02. The molecule has 1 heterocycles. The first kappa shape index (κ1) is 90.7. The number of ether oxygens (including phenoxy) is 2. The smallest absolute Gasteiger partial charge is 0.220 e. The van der Waals surface area contributed by atoms with Crippen molar-refractivity contribution in [2.45, 2.75) is 500 Å². The normalized spacial score (nSPS) is 17.5. The summed E-state index contributed by atoms with van der Waals surface area (Å²) >= 11 is 0. The van der Waals surface area contributed by atoms with Gasteiger partial charge >= 0.3 is 0 Å². The zero-order valence-corrected chi connectivity index (χ0v) is 63.0. The van der Waals surface area contributed by atoms with Crippen LogP contribution in [0.4, 0.5) is 0 Å². The lowest BCUT2D eigenvalue weighted by atomic mass is 9.99. The van der Waals surface area contributed by atoms with Crippen LogP contribution in [0.2, 0.25) is 0 Å². The number of unbranched alkanes of at least 4 members (excludes halogenated alkanes) is 65. The fraction of sp³-hybridized carbons (Fsp3) is 0.941. The highest BCUT2D eigenvalue weighted by Crippen LogP contribution is 2.24. The molecule has 0 aromatic heterocycles. The van der Waals surface area contributed by atoms with Crippen molar-refractivity contribution in [3.05, 3.63) is 24.3 Å². The third-order valence-corrected chi connectivity index (χ3v) is 20.8. The Morgan fingerprint density at radius 2 is 0.596 bits per heavy atom. The fourth-order valence-corrected chi connectivity index (χ4v) is 14.2. The molecule has 9 nitrogen and oxygen atoms in total. The van der Waals surface area contributed by atoms with E-state index in [-0.39, 0.29) is 12.5 Å². The molecule has 0 radical (unpaired) electrons. The molecule has 0 bridgehead atoms. The molecule has 0 saturated carbocycles. The predicted octanol–water partition coefficient (Wildman–Crippen LogP) is 24.7. The van der Waals surface area contributed by atoms with Crippen LogP contribution >= 0.6 is 0 Å². The molecule has 0 aromatic carbocycles. The summed E-state index contributed by atoms with van der Waals surface area (Å²) in [4.78, 5) is 13.2. The number of carbonyl (C=O) groups is 1. The molecule has 1 saturated heterocycles. The van der Waals surface area contributed by atoms with E-state index in [4.69, 9.17) is 9.47 Å². The van der Waals surface area contributed by atoms with E-state index in [1.165, 1.54) is 398 Å². The highest BCUT2D eigenvalue weighted by atomic mass is 16.7. The highest BCUT2D eigenvalue weighted by molar-refractivity contribution is 5.76. The van der Waals surface area contributed by atoms with Gasteiger partial charge < -0.3 is 40.3 Å². The number of hydrogen-bond acceptors (Lipinski definition) is 8. The van der Waals surface area contributed by atoms with Gasteiger partial charge in [-0.15, -0.1) is 0 Å². The first-order valence-corrected chi connectivity index (χ1v) is 42.6. The summed E-state index contributed by atoms with van der Waals surface area (Å²) in [7, 11) is 0. The van der Waals surface area contributed by atoms with Crippen LogP contribution in [-0.4, -0.2) is 87.5 Å². The molecule has 94 heavy (non-hydrogen) atoms. The molecule has 1 rings (SSSR count). The molecule has 0 spiro atoms. The molecule has 1 aliphatic rings. The molecule has 0 aromatic rings. The van der Waals surface area contributed by atoms with Crippen molar-refractivity contribution >= 4 is 5.91 Å². The van der Waals surface area contributed by atoms with Crippen LogP contribution in [0.3, 0.4) is 0 Å². The number of rotatable bonds is 77. The van der Waals surface area contributed by atoms with E-state index in [1.807, 2.05) is 6.08 Å². The largest absolute Gasteiger partial charge is 0.394 e. The maximum Gasteiger partial charge on any atom is 0.220 e. The minimum absolute atomic E-state index is 0.165. The molecule has 6 N–H and O–H groups in total. The van der Waals surface area contributed by atoms with Gasteiger partial charge in [0, 0.05) is 6.42 Å². The Hall–Kier alpha value is -1.33. The number of amides is 1. The SMILES string of the molecule is CCCCCCCCCC/C=C\CCCCCCCCCCCCCCCCCCCCCCCCCCCCCCCC(=O)NC(COC1OC(CO)C(O)C(O)C1O)C(O)/C=C/CCCCCCCCCCCCCCCCCCCCCCCCCCCCCC. The van der Waals surface area contributed by atoms with Crippen LogP contribution in [0.25, 0.3) is 0 Å². The standard InChI is InChI=1S/C85H165NO8/c1-3-5-7-9-11-13-15-17-19-21-23-25-27-29-31-33-35-36-37-38-39-40-41-42-43-44-45-47-49-51-53-55-57-59-61-63-65-67-69-71-73-75-81(89)86-78(77-93-85-84(92)83(91)82(90)80(76-87)94-85)79(88)74-72-70-68-66-64-62-60-58-56-54-52-50-48-46-34-32-30-28-26-24-22-20-18-16-14-12-10-8-6-4-2/h21,23,72,74,78-80,82-85,87-88,90-92H,3-20,22,24-71,73,75-77H2,1-2H3,(H,86,89)/b23-21-,74-72+. The van der Waals surface area contributed by atoms with Crippen LogP contribution in [0, 0.1) is 0 Å². The van der Waals surface area contributed by atoms with Crippen molar-refractivity contribution in [2.24, 2.45) is 0 Å². The monoisotopic (exact) mass is 1330 g/mol. The van der Waals surface area contributed by atoms with E-state index in [0.29, 0.717) is 6.42 Å². The van der Waals surface area contributed by atoms with Crippen molar-refractivity contribution in [1.82, 2.24) is 5.32 Å². The van der Waals surface area contributed by atoms with Gasteiger partial charge in [0.25, 0.3) is 0 Å². The third-order valence-electron chi connectivity index (χ3n) is 20.8. The van der Waals surface area contributed by atoms with Gasteiger partial charge in [-0.05, 0) is 44.9 Å². The molecule has 9 heteroatoms. The first-order valence-electron chi connectivity index (χ1n) is 42.6. The zero-order valence-electron chi connectivity index (χ0n) is 63.0. The van der Waals surface area contributed by atoms with Crippen LogP contribution in [0.1, 0.15) is 457 Å². The number of hydrogen-bond donors (Lipinski definition) is 6. The maximum absolute atomic E-state index is 13.2. The molecule has 0 aliphatic carbocycles. The quantitative estimate of drug-likeness (QED) is 0.0261. The van der Waals surface area contributed by atoms with Gasteiger partial charge in [0.2, 0.25) is 5.91 Å². The molecule has 1 aliphatic heterocycles. The molecule has 7 unspecified atom stereocenters. The first-order chi connectivity index (χ1) is 46.3. The lowest BCUT2D eigenvalue weighted by molar-refractivity contribution is -0.302. The molecular formula is C85H165NO8. The summed E-state index contributed by atoms with van der Waals surface area (Å²) in [6, 6.07) is -0.804. The second kappa shape index (κ2) is 74.4. The predicted molar refractivity (Wildman–Crippen MR) is 406 cm³/mol. The van der Waals surface area contributed by atoms with E-state index < -0.39 is 49.5 Å². The van der Waals surface area contributed by atoms with E-state index in [1.54, 1.807) is 6.08 Å². The van der Waals surface area contributed by atoms with Gasteiger partial charge in [-0.2, -0.15) is 0 Å². The fourth-order valence-electron chi connectivity index (χ4n) is 14.2. The molecular weight excluding hydrogens is 1160 g/mol. The summed E-state index contributed by atoms with van der Waals surface area (Å²) in [5.74, 6) is -0.165. The summed E-state index contributed by atoms with van der Waals surface area (Å²) in [6.45, 7) is 3.85. The van der Waals surface area contributed by atoms with Crippen LogP contribution in [0.15, 0.2) is 24.3 Å². The van der Waals surface area contributed by atoms with Crippen molar-refractivity contribution in [2.75, 3.05) is 13.2 Å². The summed E-state index contributed by atoms with van der Waals surface area (Å²) in [6.07, 6.45) is 93.6. The van der Waals surface area contributed by atoms with Gasteiger partial charge in [0.15, 0.2) is 6.29 Å². The summed E-state index contributed by atoms with van der Waals surface area (Å²) in [5, 5.41) is 55.0. The Morgan fingerprint density at radius 3 is 0.862 bits per heavy atom. The van der Waals surface area contributed by atoms with E-state index in [2.05, 4.69) is 31.3 Å². The number of allylic oxidation sites excluding steroid dienone is 3. The molecule has 1 fully saturated rings. The Kier molecular flexibility index (Phi) is 71.7. The van der Waals surface area contributed by atoms with Crippen LogP contribution in [0.5, 0.6) is 0 Å². The zero-order chi connectivity index (χ0) is 67.8.